The fourth-order valence-corrected chi connectivity index (χ4v) is 1.39. The van der Waals surface area contributed by atoms with Crippen LogP contribution in [0.15, 0.2) is 12.1 Å². The molecule has 88 valence electrons. The van der Waals surface area contributed by atoms with Crippen LogP contribution >= 0.6 is 0 Å². The van der Waals surface area contributed by atoms with E-state index in [1.54, 1.807) is 0 Å². The largest absolute Gasteiger partial charge is 0.481 e. The monoisotopic (exact) mass is 233 g/mol. The summed E-state index contributed by atoms with van der Waals surface area (Å²) in [5.41, 5.74) is 5.05. The van der Waals surface area contributed by atoms with Gasteiger partial charge in [-0.05, 0) is 18.2 Å². The van der Waals surface area contributed by atoms with Gasteiger partial charge in [-0.2, -0.15) is 0 Å². The molecule has 1 rings (SSSR count). The summed E-state index contributed by atoms with van der Waals surface area (Å²) in [5.74, 6) is -6.35. The number of benzene rings is 1. The number of hydrogen-bond donors (Lipinski definition) is 2. The second-order valence-corrected chi connectivity index (χ2v) is 3.30. The van der Waals surface area contributed by atoms with E-state index in [-0.39, 0.29) is 12.1 Å². The number of aliphatic carboxylic acids is 1. The topological polar surface area (TPSA) is 63.3 Å². The first-order valence-electron chi connectivity index (χ1n) is 4.52. The molecule has 0 heterocycles. The van der Waals surface area contributed by atoms with Gasteiger partial charge in [-0.25, -0.2) is 13.2 Å². The molecule has 3 N–H and O–H groups in total. The van der Waals surface area contributed by atoms with E-state index in [0.717, 1.165) is 12.1 Å². The molecule has 1 atom stereocenters. The molecule has 0 bridgehead atoms. The first-order chi connectivity index (χ1) is 7.47. The Morgan fingerprint density at radius 3 is 2.44 bits per heavy atom. The molecule has 0 fully saturated rings. The van der Waals surface area contributed by atoms with E-state index in [1.165, 1.54) is 0 Å². The van der Waals surface area contributed by atoms with E-state index >= 15 is 0 Å². The molecule has 16 heavy (non-hydrogen) atoms. The molecule has 1 unspecified atom stereocenters. The lowest BCUT2D eigenvalue weighted by Gasteiger charge is -2.13. The summed E-state index contributed by atoms with van der Waals surface area (Å²) < 4.78 is 38.8. The fraction of sp³-hybridized carbons (Fsp3) is 0.300. The molecule has 3 nitrogen and oxygen atoms in total. The van der Waals surface area contributed by atoms with Crippen molar-refractivity contribution < 1.29 is 23.1 Å². The maximum atomic E-state index is 13.3. The van der Waals surface area contributed by atoms with Crippen molar-refractivity contribution in [3.63, 3.8) is 0 Å². The number of halogens is 3. The van der Waals surface area contributed by atoms with Crippen LogP contribution in [-0.2, 0) is 4.79 Å². The summed E-state index contributed by atoms with van der Waals surface area (Å²) in [4.78, 5) is 10.5. The molecule has 0 amide bonds. The van der Waals surface area contributed by atoms with Gasteiger partial charge < -0.3 is 10.8 Å². The minimum Gasteiger partial charge on any atom is -0.481 e. The molecule has 0 aliphatic heterocycles. The lowest BCUT2D eigenvalue weighted by Crippen LogP contribution is -2.18. The van der Waals surface area contributed by atoms with E-state index in [4.69, 9.17) is 10.8 Å². The van der Waals surface area contributed by atoms with E-state index in [9.17, 15) is 18.0 Å². The van der Waals surface area contributed by atoms with Gasteiger partial charge in [-0.15, -0.1) is 0 Å². The zero-order valence-corrected chi connectivity index (χ0v) is 8.21. The van der Waals surface area contributed by atoms with Crippen molar-refractivity contribution in [3.05, 3.63) is 35.1 Å². The van der Waals surface area contributed by atoms with Gasteiger partial charge in [-0.1, -0.05) is 6.07 Å². The Morgan fingerprint density at radius 2 is 1.94 bits per heavy atom. The zero-order valence-electron chi connectivity index (χ0n) is 8.21. The molecule has 0 spiro atoms. The maximum absolute atomic E-state index is 13.3. The number of nitrogens with two attached hydrogens (primary N) is 1. The highest BCUT2D eigenvalue weighted by Gasteiger charge is 2.21. The molecule has 6 heteroatoms. The van der Waals surface area contributed by atoms with Crippen LogP contribution in [-0.4, -0.2) is 17.6 Å². The Labute approximate surface area is 89.7 Å². The number of carboxylic acids is 1. The van der Waals surface area contributed by atoms with Gasteiger partial charge in [0.1, 0.15) is 0 Å². The Balaban J connectivity index is 3.11. The predicted molar refractivity (Wildman–Crippen MR) is 50.4 cm³/mol. The van der Waals surface area contributed by atoms with Gasteiger partial charge in [0.2, 0.25) is 0 Å². The van der Waals surface area contributed by atoms with Crippen molar-refractivity contribution in [2.75, 3.05) is 6.54 Å². The lowest BCUT2D eigenvalue weighted by molar-refractivity contribution is -0.137. The highest BCUT2D eigenvalue weighted by molar-refractivity contribution is 5.68. The second kappa shape index (κ2) is 4.98. The van der Waals surface area contributed by atoms with Crippen molar-refractivity contribution in [3.8, 4) is 0 Å². The first kappa shape index (κ1) is 12.5. The Bertz CT molecular complexity index is 409. The Kier molecular flexibility index (Phi) is 3.89. The maximum Gasteiger partial charge on any atom is 0.304 e. The first-order valence-corrected chi connectivity index (χ1v) is 4.52. The standard InChI is InChI=1S/C10H10F3NO2/c11-7-2-1-6(9(12)10(7)13)5(4-14)3-8(15)16/h1-2,5H,3-4,14H2,(H,15,16). The molecule has 0 aliphatic carbocycles. The highest BCUT2D eigenvalue weighted by atomic mass is 19.2. The Hall–Kier alpha value is -1.56. The van der Waals surface area contributed by atoms with Crippen molar-refractivity contribution in [1.29, 1.82) is 0 Å². The van der Waals surface area contributed by atoms with Crippen molar-refractivity contribution in [1.82, 2.24) is 0 Å². The fourth-order valence-electron chi connectivity index (χ4n) is 1.39. The summed E-state index contributed by atoms with van der Waals surface area (Å²) in [7, 11) is 0. The molecule has 1 aromatic carbocycles. The molecule has 0 saturated heterocycles. The van der Waals surface area contributed by atoms with Crippen LogP contribution in [0.3, 0.4) is 0 Å². The number of hydrogen-bond acceptors (Lipinski definition) is 2. The van der Waals surface area contributed by atoms with Crippen LogP contribution in [0.1, 0.15) is 17.9 Å². The summed E-state index contributed by atoms with van der Waals surface area (Å²) >= 11 is 0. The predicted octanol–water partition coefficient (Wildman–Crippen LogP) is 1.62. The highest BCUT2D eigenvalue weighted by Crippen LogP contribution is 2.24. The number of carboxylic acid groups (broad SMARTS) is 1. The zero-order chi connectivity index (χ0) is 12.3. The molecule has 0 saturated carbocycles. The normalized spacial score (nSPS) is 12.5. The summed E-state index contributed by atoms with van der Waals surface area (Å²) in [5, 5.41) is 8.55. The SMILES string of the molecule is NCC(CC(=O)O)c1ccc(F)c(F)c1F. The van der Waals surface area contributed by atoms with E-state index < -0.39 is 35.8 Å². The van der Waals surface area contributed by atoms with Crippen molar-refractivity contribution in [2.45, 2.75) is 12.3 Å². The van der Waals surface area contributed by atoms with Gasteiger partial charge in [0.15, 0.2) is 17.5 Å². The molecular formula is C10H10F3NO2. The number of carbonyl (C=O) groups is 1. The van der Waals surface area contributed by atoms with Crippen LogP contribution in [0, 0.1) is 17.5 Å². The number of rotatable bonds is 4. The smallest absolute Gasteiger partial charge is 0.304 e. The lowest BCUT2D eigenvalue weighted by atomic mass is 9.95. The molecule has 0 radical (unpaired) electrons. The molecule has 0 aromatic heterocycles. The molecular weight excluding hydrogens is 223 g/mol. The summed E-state index contributed by atoms with van der Waals surface area (Å²) in [6.45, 7) is -0.158. The Morgan fingerprint density at radius 1 is 1.31 bits per heavy atom. The van der Waals surface area contributed by atoms with Gasteiger partial charge in [0.05, 0.1) is 6.42 Å². The summed E-state index contributed by atoms with van der Waals surface area (Å²) in [6, 6.07) is 1.76. The van der Waals surface area contributed by atoms with E-state index in [1.807, 2.05) is 0 Å². The second-order valence-electron chi connectivity index (χ2n) is 3.30. The van der Waals surface area contributed by atoms with Crippen LogP contribution in [0.25, 0.3) is 0 Å². The van der Waals surface area contributed by atoms with Crippen molar-refractivity contribution >= 4 is 5.97 Å². The van der Waals surface area contributed by atoms with Gasteiger partial charge in [0, 0.05) is 5.92 Å². The summed E-state index contributed by atoms with van der Waals surface area (Å²) in [6.07, 6.45) is -0.432. The quantitative estimate of drug-likeness (QED) is 0.777. The minimum absolute atomic E-state index is 0.158. The average Bonchev–Trinajstić information content (AvgIpc) is 2.23. The molecule has 0 aliphatic rings. The third kappa shape index (κ3) is 2.52. The van der Waals surface area contributed by atoms with Crippen LogP contribution in [0.4, 0.5) is 13.2 Å². The van der Waals surface area contributed by atoms with Gasteiger partial charge >= 0.3 is 5.97 Å². The van der Waals surface area contributed by atoms with Crippen LogP contribution in [0.5, 0.6) is 0 Å². The third-order valence-corrected chi connectivity index (χ3v) is 2.21. The van der Waals surface area contributed by atoms with Gasteiger partial charge in [0.25, 0.3) is 0 Å². The van der Waals surface area contributed by atoms with Crippen LogP contribution in [0.2, 0.25) is 0 Å². The van der Waals surface area contributed by atoms with E-state index in [0.29, 0.717) is 0 Å². The average molecular weight is 233 g/mol. The molecule has 1 aromatic rings. The third-order valence-electron chi connectivity index (χ3n) is 2.21. The van der Waals surface area contributed by atoms with Crippen molar-refractivity contribution in [2.24, 2.45) is 5.73 Å². The minimum atomic E-state index is -1.61. The van der Waals surface area contributed by atoms with Crippen LogP contribution < -0.4 is 5.73 Å². The van der Waals surface area contributed by atoms with E-state index in [2.05, 4.69) is 0 Å². The van der Waals surface area contributed by atoms with Gasteiger partial charge in [-0.3, -0.25) is 4.79 Å².